The topological polar surface area (TPSA) is 0 Å². The van der Waals surface area contributed by atoms with E-state index < -0.39 is 18.4 Å². The molecule has 2 rings (SSSR count). The van der Waals surface area contributed by atoms with Crippen LogP contribution >= 0.6 is 11.8 Å². The number of rotatable bonds is 12. The summed E-state index contributed by atoms with van der Waals surface area (Å²) < 4.78 is 6.45. The molecule has 0 bridgehead atoms. The Balaban J connectivity index is 2.55. The van der Waals surface area contributed by atoms with Gasteiger partial charge in [-0.15, -0.1) is 0 Å². The van der Waals surface area contributed by atoms with Crippen LogP contribution < -0.4 is 3.58 Å². The molecule has 0 saturated carbocycles. The van der Waals surface area contributed by atoms with Gasteiger partial charge < -0.3 is 0 Å². The molecule has 0 saturated heterocycles. The van der Waals surface area contributed by atoms with Crippen molar-refractivity contribution in [3.8, 4) is 0 Å². The van der Waals surface area contributed by atoms with Crippen molar-refractivity contribution in [2.45, 2.75) is 96.2 Å². The summed E-state index contributed by atoms with van der Waals surface area (Å²) in [7, 11) is 0. The van der Waals surface area contributed by atoms with E-state index in [0.717, 1.165) is 0 Å². The van der Waals surface area contributed by atoms with Gasteiger partial charge in [-0.2, -0.15) is 0 Å². The zero-order chi connectivity index (χ0) is 20.4. The second-order valence-corrected chi connectivity index (χ2v) is 22.7. The van der Waals surface area contributed by atoms with Crippen molar-refractivity contribution < 1.29 is 0 Å². The summed E-state index contributed by atoms with van der Waals surface area (Å²) in [6.45, 7) is 11.7. The zero-order valence-corrected chi connectivity index (χ0v) is 22.5. The summed E-state index contributed by atoms with van der Waals surface area (Å²) in [6, 6.07) is 16.2. The number of benzene rings is 2. The molecule has 0 radical (unpaired) electrons. The van der Waals surface area contributed by atoms with Crippen LogP contribution in [0.1, 0.15) is 70.4 Å². The summed E-state index contributed by atoms with van der Waals surface area (Å²) in [5.74, 6) is 0. The van der Waals surface area contributed by atoms with Crippen LogP contribution in [0.15, 0.2) is 52.3 Å². The molecule has 154 valence electrons. The third-order valence-electron chi connectivity index (χ3n) is 6.16. The quantitative estimate of drug-likeness (QED) is 0.262. The number of hydrogen-bond donors (Lipinski definition) is 0. The molecular formula is C26H40SSn. The van der Waals surface area contributed by atoms with E-state index in [0.29, 0.717) is 0 Å². The van der Waals surface area contributed by atoms with Crippen LogP contribution in [0.2, 0.25) is 13.3 Å². The van der Waals surface area contributed by atoms with E-state index in [9.17, 15) is 0 Å². The molecule has 0 spiro atoms. The molecule has 2 aromatic rings. The summed E-state index contributed by atoms with van der Waals surface area (Å²) in [5, 5.41) is 0. The minimum absolute atomic E-state index is 1.34. The van der Waals surface area contributed by atoms with E-state index in [1.165, 1.54) is 67.9 Å². The second-order valence-electron chi connectivity index (χ2n) is 8.44. The predicted octanol–water partition coefficient (Wildman–Crippen LogP) is 8.51. The van der Waals surface area contributed by atoms with Gasteiger partial charge in [-0.05, 0) is 0 Å². The zero-order valence-electron chi connectivity index (χ0n) is 18.8. The molecule has 0 fully saturated rings. The van der Waals surface area contributed by atoms with E-state index in [2.05, 4.69) is 77.1 Å². The Kier molecular flexibility index (Phi) is 10.5. The van der Waals surface area contributed by atoms with E-state index in [1.807, 2.05) is 15.3 Å². The van der Waals surface area contributed by atoms with Crippen molar-refractivity contribution in [3.63, 3.8) is 0 Å². The van der Waals surface area contributed by atoms with Crippen molar-refractivity contribution in [2.24, 2.45) is 0 Å². The van der Waals surface area contributed by atoms with Crippen LogP contribution in [0.4, 0.5) is 0 Å². The molecule has 0 aromatic heterocycles. The fraction of sp³-hybridized carbons (Fsp3) is 0.538. The third kappa shape index (κ3) is 6.55. The first kappa shape index (κ1) is 23.9. The van der Waals surface area contributed by atoms with Crippen LogP contribution in [0.25, 0.3) is 0 Å². The Morgan fingerprint density at radius 3 is 1.71 bits per heavy atom. The van der Waals surface area contributed by atoms with Gasteiger partial charge in [0, 0.05) is 0 Å². The molecule has 0 atom stereocenters. The second kappa shape index (κ2) is 12.3. The molecule has 0 aliphatic carbocycles. The van der Waals surface area contributed by atoms with E-state index in [-0.39, 0.29) is 0 Å². The molecule has 0 heterocycles. The van der Waals surface area contributed by atoms with E-state index in [1.54, 1.807) is 4.90 Å². The van der Waals surface area contributed by atoms with Crippen molar-refractivity contribution in [1.29, 1.82) is 0 Å². The van der Waals surface area contributed by atoms with Crippen LogP contribution in [-0.4, -0.2) is 18.4 Å². The minimum atomic E-state index is -2.45. The third-order valence-corrected chi connectivity index (χ3v) is 23.4. The van der Waals surface area contributed by atoms with Gasteiger partial charge in [0.05, 0.1) is 0 Å². The van der Waals surface area contributed by atoms with Gasteiger partial charge in [-0.25, -0.2) is 0 Å². The van der Waals surface area contributed by atoms with Crippen molar-refractivity contribution in [2.75, 3.05) is 0 Å². The average molecular weight is 503 g/mol. The number of hydrogen-bond acceptors (Lipinski definition) is 1. The Hall–Kier alpha value is -0.411. The number of unbranched alkanes of at least 4 members (excludes halogenated alkanes) is 3. The predicted molar refractivity (Wildman–Crippen MR) is 131 cm³/mol. The molecule has 0 aliphatic rings. The normalized spacial score (nSPS) is 11.8. The molecule has 0 unspecified atom stereocenters. The monoisotopic (exact) mass is 504 g/mol. The Morgan fingerprint density at radius 1 is 0.714 bits per heavy atom. The Bertz CT molecular complexity index is 686. The van der Waals surface area contributed by atoms with Crippen molar-refractivity contribution in [1.82, 2.24) is 0 Å². The molecule has 0 nitrogen and oxygen atoms in total. The van der Waals surface area contributed by atoms with Gasteiger partial charge in [0.1, 0.15) is 0 Å². The molecule has 28 heavy (non-hydrogen) atoms. The molecule has 2 aromatic carbocycles. The molecule has 2 heteroatoms. The van der Waals surface area contributed by atoms with Crippen LogP contribution in [0.3, 0.4) is 0 Å². The first-order valence-corrected chi connectivity index (χ1v) is 19.7. The van der Waals surface area contributed by atoms with Crippen molar-refractivity contribution in [3.05, 3.63) is 53.6 Å². The summed E-state index contributed by atoms with van der Waals surface area (Å²) in [6.07, 6.45) is 8.28. The molecular weight excluding hydrogens is 463 g/mol. The fourth-order valence-electron chi connectivity index (χ4n) is 4.23. The molecule has 0 N–H and O–H groups in total. The molecule has 0 aliphatic heterocycles. The van der Waals surface area contributed by atoms with Crippen LogP contribution in [-0.2, 0) is 0 Å². The Morgan fingerprint density at radius 2 is 1.21 bits per heavy atom. The number of aryl methyl sites for hydroxylation is 2. The van der Waals surface area contributed by atoms with Gasteiger partial charge in [0.15, 0.2) is 0 Å². The first-order chi connectivity index (χ1) is 13.6. The van der Waals surface area contributed by atoms with Gasteiger partial charge >= 0.3 is 184 Å². The summed E-state index contributed by atoms with van der Waals surface area (Å²) in [5.41, 5.74) is 2.95. The Labute approximate surface area is 182 Å². The van der Waals surface area contributed by atoms with Crippen LogP contribution in [0.5, 0.6) is 0 Å². The van der Waals surface area contributed by atoms with Gasteiger partial charge in [-0.3, -0.25) is 0 Å². The maximum absolute atomic E-state index is 2.64. The van der Waals surface area contributed by atoms with E-state index in [4.69, 9.17) is 0 Å². The standard InChI is InChI=1S/C14H13S.3C4H9.Sn/c1-11-8-9-14(10-12(11)2)15-13-6-4-3-5-7-13;3*1-3-4-2;/h3-8,10H,1-2H3;3*1,3-4H2,2H3;. The van der Waals surface area contributed by atoms with Crippen LogP contribution in [0, 0.1) is 13.8 Å². The summed E-state index contributed by atoms with van der Waals surface area (Å²) >= 11 is -0.433. The fourth-order valence-corrected chi connectivity index (χ4v) is 23.5. The van der Waals surface area contributed by atoms with E-state index >= 15 is 0 Å². The molecule has 0 amide bonds. The van der Waals surface area contributed by atoms with Crippen molar-refractivity contribution >= 4 is 33.7 Å². The van der Waals surface area contributed by atoms with Gasteiger partial charge in [-0.1, -0.05) is 0 Å². The maximum atomic E-state index is 2.64. The SMILES string of the molecule is CCC[CH2][Sn]([CH2]CCC)([CH2]CCC)[c]1cc(C)c(C)cc1Sc1ccccc1. The van der Waals surface area contributed by atoms with Gasteiger partial charge in [0.25, 0.3) is 0 Å². The van der Waals surface area contributed by atoms with Gasteiger partial charge in [0.2, 0.25) is 0 Å². The average Bonchev–Trinajstić information content (AvgIpc) is 2.71. The summed E-state index contributed by atoms with van der Waals surface area (Å²) in [4.78, 5) is 2.96. The first-order valence-electron chi connectivity index (χ1n) is 11.4.